The van der Waals surface area contributed by atoms with Crippen molar-refractivity contribution in [1.29, 1.82) is 0 Å². The van der Waals surface area contributed by atoms with Crippen LogP contribution in [0.5, 0.6) is 0 Å². The molecule has 1 aromatic heterocycles. The van der Waals surface area contributed by atoms with Crippen LogP contribution in [0, 0.1) is 0 Å². The predicted octanol–water partition coefficient (Wildman–Crippen LogP) is 2.58. The first-order valence-electron chi connectivity index (χ1n) is 8.59. The third-order valence-electron chi connectivity index (χ3n) is 4.10. The van der Waals surface area contributed by atoms with Crippen LogP contribution in [0.25, 0.3) is 21.3 Å². The summed E-state index contributed by atoms with van der Waals surface area (Å²) in [5.41, 5.74) is 2.33. The second-order valence-electron chi connectivity index (χ2n) is 6.60. The summed E-state index contributed by atoms with van der Waals surface area (Å²) in [7, 11) is -0.0739. The first kappa shape index (κ1) is 20.7. The number of rotatable bonds is 5. The molecule has 8 nitrogen and oxygen atoms in total. The number of aromatic nitrogens is 1. The lowest BCUT2D eigenvalue weighted by Crippen LogP contribution is -2.38. The van der Waals surface area contributed by atoms with Crippen molar-refractivity contribution in [2.24, 2.45) is 0 Å². The fourth-order valence-electron chi connectivity index (χ4n) is 2.52. The van der Waals surface area contributed by atoms with Crippen molar-refractivity contribution in [3.05, 3.63) is 42.5 Å². The molecule has 0 saturated heterocycles. The zero-order valence-electron chi connectivity index (χ0n) is 16.1. The summed E-state index contributed by atoms with van der Waals surface area (Å²) in [5.74, 6) is -0.217. The van der Waals surface area contributed by atoms with E-state index in [1.807, 2.05) is 24.3 Å². The second kappa shape index (κ2) is 8.18. The number of fused-ring (bicyclic) bond motifs is 1. The van der Waals surface area contributed by atoms with Crippen molar-refractivity contribution in [2.45, 2.75) is 4.90 Å². The first-order valence-corrected chi connectivity index (χ1v) is 11.3. The van der Waals surface area contributed by atoms with E-state index in [1.165, 1.54) is 22.5 Å². The normalized spacial score (nSPS) is 11.3. The van der Waals surface area contributed by atoms with E-state index in [2.05, 4.69) is 15.6 Å². The largest absolute Gasteiger partial charge is 0.347 e. The zero-order chi connectivity index (χ0) is 21.2. The highest BCUT2D eigenvalue weighted by atomic mass is 32.2. The van der Waals surface area contributed by atoms with Gasteiger partial charge in [-0.1, -0.05) is 29.5 Å². The van der Waals surface area contributed by atoms with Crippen LogP contribution in [0.4, 0.5) is 9.93 Å². The number of sulfone groups is 1. The first-order chi connectivity index (χ1) is 13.6. The lowest BCUT2D eigenvalue weighted by atomic mass is 10.1. The van der Waals surface area contributed by atoms with Crippen LogP contribution in [0.2, 0.25) is 0 Å². The number of benzene rings is 2. The molecule has 29 heavy (non-hydrogen) atoms. The number of hydrogen-bond donors (Lipinski definition) is 2. The number of urea groups is 1. The summed E-state index contributed by atoms with van der Waals surface area (Å²) in [6.45, 7) is -0.107. The Morgan fingerprint density at radius 3 is 2.52 bits per heavy atom. The average molecular weight is 433 g/mol. The molecule has 0 unspecified atom stereocenters. The highest BCUT2D eigenvalue weighted by molar-refractivity contribution is 7.90. The van der Waals surface area contributed by atoms with Crippen molar-refractivity contribution < 1.29 is 18.0 Å². The van der Waals surface area contributed by atoms with Gasteiger partial charge in [0.15, 0.2) is 15.0 Å². The summed E-state index contributed by atoms with van der Waals surface area (Å²) in [4.78, 5) is 29.5. The van der Waals surface area contributed by atoms with Crippen LogP contribution in [-0.2, 0) is 14.6 Å². The second-order valence-corrected chi connectivity index (χ2v) is 9.64. The van der Waals surface area contributed by atoms with Crippen molar-refractivity contribution in [2.75, 3.05) is 32.2 Å². The number of amides is 3. The molecule has 0 bridgehead atoms. The molecule has 0 aliphatic heterocycles. The Bertz CT molecular complexity index is 1190. The van der Waals surface area contributed by atoms with E-state index in [9.17, 15) is 18.0 Å². The summed E-state index contributed by atoms with van der Waals surface area (Å²) < 4.78 is 24.4. The Balaban J connectivity index is 1.79. The summed E-state index contributed by atoms with van der Waals surface area (Å²) in [6.07, 6.45) is 1.17. The lowest BCUT2D eigenvalue weighted by molar-refractivity contribution is -0.127. The minimum Gasteiger partial charge on any atom is -0.347 e. The van der Waals surface area contributed by atoms with Crippen LogP contribution < -0.4 is 10.6 Å². The van der Waals surface area contributed by atoms with Crippen LogP contribution in [0.3, 0.4) is 0 Å². The molecule has 0 spiro atoms. The molecule has 152 valence electrons. The van der Waals surface area contributed by atoms with Crippen molar-refractivity contribution in [1.82, 2.24) is 15.2 Å². The smallest absolute Gasteiger partial charge is 0.321 e. The Kier molecular flexibility index (Phi) is 5.85. The third-order valence-corrected chi connectivity index (χ3v) is 6.15. The molecule has 0 aliphatic rings. The Morgan fingerprint density at radius 2 is 1.83 bits per heavy atom. The van der Waals surface area contributed by atoms with Crippen LogP contribution >= 0.6 is 11.3 Å². The quantitative estimate of drug-likeness (QED) is 0.644. The maximum Gasteiger partial charge on any atom is 0.321 e. The summed E-state index contributed by atoms with van der Waals surface area (Å²) in [5, 5.41) is 5.50. The van der Waals surface area contributed by atoms with Gasteiger partial charge in [-0.2, -0.15) is 0 Å². The molecule has 1 heterocycles. The molecule has 0 saturated carbocycles. The van der Waals surface area contributed by atoms with Gasteiger partial charge in [-0.3, -0.25) is 10.1 Å². The molecule has 2 aromatic carbocycles. The van der Waals surface area contributed by atoms with Gasteiger partial charge in [0.1, 0.15) is 0 Å². The molecular formula is C19H20N4O4S2. The van der Waals surface area contributed by atoms with E-state index in [1.54, 1.807) is 32.3 Å². The predicted molar refractivity (Wildman–Crippen MR) is 114 cm³/mol. The third kappa shape index (κ3) is 5.09. The van der Waals surface area contributed by atoms with Gasteiger partial charge in [-0.25, -0.2) is 18.2 Å². The fourth-order valence-corrected chi connectivity index (χ4v) is 4.09. The van der Waals surface area contributed by atoms with E-state index >= 15 is 0 Å². The monoisotopic (exact) mass is 432 g/mol. The van der Waals surface area contributed by atoms with Crippen molar-refractivity contribution in [3.8, 4) is 11.1 Å². The van der Waals surface area contributed by atoms with Crippen LogP contribution in [0.1, 0.15) is 0 Å². The Morgan fingerprint density at radius 1 is 1.10 bits per heavy atom. The minimum atomic E-state index is -3.29. The number of hydrogen-bond acceptors (Lipinski definition) is 6. The molecule has 10 heteroatoms. The number of nitrogens with one attached hydrogen (secondary N) is 2. The summed E-state index contributed by atoms with van der Waals surface area (Å²) in [6, 6.07) is 11.8. The van der Waals surface area contributed by atoms with Crippen LogP contribution in [-0.4, -0.2) is 57.1 Å². The van der Waals surface area contributed by atoms with Crippen molar-refractivity contribution >= 4 is 48.5 Å². The number of carbonyl (C=O) groups is 2. The fraction of sp³-hybridized carbons (Fsp3) is 0.211. The molecule has 0 atom stereocenters. The SMILES string of the molecule is CN(C)C(=O)CNC(=O)Nc1nc2ccc(-c3cccc(S(C)(=O)=O)c3)cc2s1. The van der Waals surface area contributed by atoms with Gasteiger partial charge in [0, 0.05) is 20.4 Å². The van der Waals surface area contributed by atoms with E-state index in [-0.39, 0.29) is 17.3 Å². The maximum atomic E-state index is 12.0. The van der Waals surface area contributed by atoms with E-state index < -0.39 is 15.9 Å². The molecular weight excluding hydrogens is 412 g/mol. The van der Waals surface area contributed by atoms with E-state index in [0.29, 0.717) is 10.6 Å². The summed E-state index contributed by atoms with van der Waals surface area (Å²) >= 11 is 1.29. The van der Waals surface area contributed by atoms with Gasteiger partial charge in [-0.15, -0.1) is 0 Å². The van der Waals surface area contributed by atoms with Gasteiger partial charge in [0.25, 0.3) is 0 Å². The molecule has 3 aromatic rings. The number of anilines is 1. The Labute approximate surface area is 172 Å². The van der Waals surface area contributed by atoms with Gasteiger partial charge in [0.05, 0.1) is 21.7 Å². The standard InChI is InChI=1S/C19H20N4O4S2/c1-23(2)17(24)11-20-18(25)22-19-21-15-8-7-13(10-16(15)28-19)12-5-4-6-14(9-12)29(3,26)27/h4-10H,11H2,1-3H3,(H2,20,21,22,25). The van der Waals surface area contributed by atoms with Gasteiger partial charge in [0.2, 0.25) is 5.91 Å². The van der Waals surface area contributed by atoms with E-state index in [4.69, 9.17) is 0 Å². The molecule has 2 N–H and O–H groups in total. The number of nitrogens with zero attached hydrogens (tertiary/aromatic N) is 2. The highest BCUT2D eigenvalue weighted by Crippen LogP contribution is 2.31. The van der Waals surface area contributed by atoms with Gasteiger partial charge < -0.3 is 10.2 Å². The maximum absolute atomic E-state index is 12.0. The van der Waals surface area contributed by atoms with E-state index in [0.717, 1.165) is 15.8 Å². The average Bonchev–Trinajstić information content (AvgIpc) is 3.06. The number of likely N-dealkylation sites (N-methyl/N-ethyl adjacent to an activating group) is 1. The molecule has 0 aliphatic carbocycles. The van der Waals surface area contributed by atoms with Crippen LogP contribution in [0.15, 0.2) is 47.4 Å². The van der Waals surface area contributed by atoms with Gasteiger partial charge >= 0.3 is 6.03 Å². The molecule has 0 fully saturated rings. The van der Waals surface area contributed by atoms with Crippen molar-refractivity contribution in [3.63, 3.8) is 0 Å². The minimum absolute atomic E-state index is 0.107. The topological polar surface area (TPSA) is 108 Å². The van der Waals surface area contributed by atoms with Gasteiger partial charge in [-0.05, 0) is 35.4 Å². The zero-order valence-corrected chi connectivity index (χ0v) is 17.7. The molecule has 3 amide bonds. The number of thiazole rings is 1. The molecule has 3 rings (SSSR count). The molecule has 0 radical (unpaired) electrons. The number of carbonyl (C=O) groups excluding carboxylic acids is 2. The lowest BCUT2D eigenvalue weighted by Gasteiger charge is -2.10. The highest BCUT2D eigenvalue weighted by Gasteiger charge is 2.12. The Hall–Kier alpha value is -2.98.